The van der Waals surface area contributed by atoms with Crippen LogP contribution in [0.25, 0.3) is 0 Å². The molecule has 2 fully saturated rings. The largest absolute Gasteiger partial charge is 0.474 e. The summed E-state index contributed by atoms with van der Waals surface area (Å²) in [5, 5.41) is 3.51. The van der Waals surface area contributed by atoms with E-state index in [2.05, 4.69) is 10.3 Å². The number of rotatable bonds is 6. The third kappa shape index (κ3) is 4.70. The van der Waals surface area contributed by atoms with Crippen LogP contribution in [0.2, 0.25) is 5.02 Å². The third-order valence-electron chi connectivity index (χ3n) is 5.50. The summed E-state index contributed by atoms with van der Waals surface area (Å²) in [5.74, 6) is -0.0160. The molecule has 7 heteroatoms. The maximum atomic E-state index is 12.7. The van der Waals surface area contributed by atoms with Gasteiger partial charge in [-0.15, -0.1) is 0 Å². The van der Waals surface area contributed by atoms with Crippen molar-refractivity contribution in [2.45, 2.75) is 44.8 Å². The van der Waals surface area contributed by atoms with E-state index in [1.807, 2.05) is 18.2 Å². The van der Waals surface area contributed by atoms with Crippen molar-refractivity contribution in [3.8, 4) is 5.88 Å². The molecule has 1 saturated carbocycles. The average molecular weight is 414 g/mol. The van der Waals surface area contributed by atoms with Crippen LogP contribution in [0.1, 0.15) is 37.7 Å². The maximum absolute atomic E-state index is 12.7. The van der Waals surface area contributed by atoms with Crippen molar-refractivity contribution in [2.24, 2.45) is 5.92 Å². The first-order valence-corrected chi connectivity index (χ1v) is 10.4. The van der Waals surface area contributed by atoms with Crippen molar-refractivity contribution in [3.05, 3.63) is 53.2 Å². The van der Waals surface area contributed by atoms with Crippen molar-refractivity contribution in [3.63, 3.8) is 0 Å². The molecule has 1 N–H and O–H groups in total. The Morgan fingerprint density at radius 3 is 2.86 bits per heavy atom. The van der Waals surface area contributed by atoms with Crippen molar-refractivity contribution in [1.29, 1.82) is 0 Å². The molecule has 1 atom stereocenters. The van der Waals surface area contributed by atoms with E-state index < -0.39 is 5.92 Å². The summed E-state index contributed by atoms with van der Waals surface area (Å²) in [7, 11) is 0. The highest BCUT2D eigenvalue weighted by atomic mass is 35.5. The molecule has 2 aliphatic rings. The third-order valence-corrected chi connectivity index (χ3v) is 5.73. The number of aromatic nitrogens is 1. The second kappa shape index (κ2) is 8.82. The molecule has 0 bridgehead atoms. The van der Waals surface area contributed by atoms with E-state index >= 15 is 0 Å². The number of anilines is 1. The van der Waals surface area contributed by atoms with Gasteiger partial charge in [-0.25, -0.2) is 4.98 Å². The van der Waals surface area contributed by atoms with E-state index in [1.165, 1.54) is 12.8 Å². The van der Waals surface area contributed by atoms with Gasteiger partial charge in [0.1, 0.15) is 6.10 Å². The fraction of sp³-hybridized carbons (Fsp3) is 0.409. The molecule has 1 saturated heterocycles. The van der Waals surface area contributed by atoms with Gasteiger partial charge >= 0.3 is 0 Å². The predicted octanol–water partition coefficient (Wildman–Crippen LogP) is 3.73. The number of carbonyl (C=O) groups excluding carboxylic acids is 2. The van der Waals surface area contributed by atoms with Gasteiger partial charge in [-0.05, 0) is 49.9 Å². The van der Waals surface area contributed by atoms with E-state index in [-0.39, 0.29) is 24.3 Å². The second-order valence-electron chi connectivity index (χ2n) is 7.60. The van der Waals surface area contributed by atoms with Crippen LogP contribution in [0.15, 0.2) is 42.6 Å². The first-order valence-electron chi connectivity index (χ1n) is 10.0. The molecule has 1 aromatic heterocycles. The highest BCUT2D eigenvalue weighted by Crippen LogP contribution is 2.28. The molecule has 0 radical (unpaired) electrons. The zero-order valence-electron chi connectivity index (χ0n) is 16.1. The Bertz CT molecular complexity index is 898. The SMILES string of the molecule is O=C(NCc1cccnc1OC1CCCC1)C1CC(=O)N(c2cccc(Cl)c2)C1. The van der Waals surface area contributed by atoms with E-state index in [1.54, 1.807) is 29.3 Å². The molecular weight excluding hydrogens is 390 g/mol. The number of carbonyl (C=O) groups is 2. The topological polar surface area (TPSA) is 71.5 Å². The Morgan fingerprint density at radius 1 is 1.24 bits per heavy atom. The number of halogens is 1. The minimum Gasteiger partial charge on any atom is -0.474 e. The Balaban J connectivity index is 1.36. The smallest absolute Gasteiger partial charge is 0.227 e. The maximum Gasteiger partial charge on any atom is 0.227 e. The lowest BCUT2D eigenvalue weighted by Crippen LogP contribution is -2.32. The predicted molar refractivity (Wildman–Crippen MR) is 111 cm³/mol. The first kappa shape index (κ1) is 19.7. The lowest BCUT2D eigenvalue weighted by Gasteiger charge is -2.18. The molecular formula is C22H24ClN3O3. The van der Waals surface area contributed by atoms with Crippen LogP contribution in [0.5, 0.6) is 5.88 Å². The number of ether oxygens (including phenoxy) is 1. The summed E-state index contributed by atoms with van der Waals surface area (Å²) in [6, 6.07) is 10.9. The lowest BCUT2D eigenvalue weighted by atomic mass is 10.1. The molecule has 1 aliphatic carbocycles. The van der Waals surface area contributed by atoms with Gasteiger partial charge in [0.25, 0.3) is 0 Å². The highest BCUT2D eigenvalue weighted by Gasteiger charge is 2.35. The van der Waals surface area contributed by atoms with E-state index in [4.69, 9.17) is 16.3 Å². The minimum absolute atomic E-state index is 0.0703. The van der Waals surface area contributed by atoms with Gasteiger partial charge in [-0.1, -0.05) is 23.7 Å². The number of hydrogen-bond acceptors (Lipinski definition) is 4. The van der Waals surface area contributed by atoms with Gasteiger partial charge in [0.05, 0.1) is 5.92 Å². The number of pyridine rings is 1. The number of hydrogen-bond donors (Lipinski definition) is 1. The van der Waals surface area contributed by atoms with Crippen LogP contribution in [0.3, 0.4) is 0 Å². The standard InChI is InChI=1S/C22H24ClN3O3/c23-17-6-3-7-18(12-17)26-14-16(11-20(26)27)21(28)25-13-15-5-4-10-24-22(15)29-19-8-1-2-9-19/h3-7,10,12,16,19H,1-2,8-9,11,13-14H2,(H,25,28). The molecule has 1 aliphatic heterocycles. The summed E-state index contributed by atoms with van der Waals surface area (Å²) in [6.45, 7) is 0.681. The Kier molecular flexibility index (Phi) is 6.00. The second-order valence-corrected chi connectivity index (χ2v) is 8.03. The van der Waals surface area contributed by atoms with Gasteiger partial charge < -0.3 is 15.0 Å². The van der Waals surface area contributed by atoms with E-state index in [0.29, 0.717) is 24.0 Å². The van der Waals surface area contributed by atoms with Crippen LogP contribution in [0.4, 0.5) is 5.69 Å². The van der Waals surface area contributed by atoms with Gasteiger partial charge in [0, 0.05) is 42.0 Å². The van der Waals surface area contributed by atoms with Crippen molar-refractivity contribution in [1.82, 2.24) is 10.3 Å². The Morgan fingerprint density at radius 2 is 2.07 bits per heavy atom. The fourth-order valence-electron chi connectivity index (χ4n) is 3.93. The highest BCUT2D eigenvalue weighted by molar-refractivity contribution is 6.31. The Hall–Kier alpha value is -2.60. The monoisotopic (exact) mass is 413 g/mol. The van der Waals surface area contributed by atoms with Crippen molar-refractivity contribution in [2.75, 3.05) is 11.4 Å². The lowest BCUT2D eigenvalue weighted by molar-refractivity contribution is -0.126. The summed E-state index contributed by atoms with van der Waals surface area (Å²) in [6.07, 6.45) is 6.56. The minimum atomic E-state index is -0.391. The molecule has 1 aromatic carbocycles. The van der Waals surface area contributed by atoms with Crippen LogP contribution in [-0.2, 0) is 16.1 Å². The van der Waals surface area contributed by atoms with Crippen LogP contribution in [0, 0.1) is 5.92 Å². The number of nitrogens with zero attached hydrogens (tertiary/aromatic N) is 2. The van der Waals surface area contributed by atoms with Crippen LogP contribution < -0.4 is 15.0 Å². The van der Waals surface area contributed by atoms with Gasteiger partial charge in [-0.3, -0.25) is 9.59 Å². The summed E-state index contributed by atoms with van der Waals surface area (Å²) >= 11 is 6.03. The fourth-order valence-corrected chi connectivity index (χ4v) is 4.12. The average Bonchev–Trinajstić information content (AvgIpc) is 3.37. The Labute approximate surface area is 175 Å². The number of benzene rings is 1. The molecule has 4 rings (SSSR count). The summed E-state index contributed by atoms with van der Waals surface area (Å²) in [5.41, 5.74) is 1.57. The van der Waals surface area contributed by atoms with Crippen molar-refractivity contribution >= 4 is 29.1 Å². The van der Waals surface area contributed by atoms with Gasteiger partial charge in [0.15, 0.2) is 0 Å². The first-order chi connectivity index (χ1) is 14.1. The zero-order chi connectivity index (χ0) is 20.2. The normalized spacial score (nSPS) is 19.6. The molecule has 6 nitrogen and oxygen atoms in total. The van der Waals surface area contributed by atoms with Crippen molar-refractivity contribution < 1.29 is 14.3 Å². The molecule has 152 valence electrons. The van der Waals surface area contributed by atoms with Crippen LogP contribution in [-0.4, -0.2) is 29.4 Å². The number of nitrogens with one attached hydrogen (secondary N) is 1. The van der Waals surface area contributed by atoms with Crippen LogP contribution >= 0.6 is 11.6 Å². The van der Waals surface area contributed by atoms with E-state index in [0.717, 1.165) is 24.1 Å². The molecule has 29 heavy (non-hydrogen) atoms. The molecule has 2 heterocycles. The van der Waals surface area contributed by atoms with E-state index in [9.17, 15) is 9.59 Å². The molecule has 1 unspecified atom stereocenters. The molecule has 2 amide bonds. The zero-order valence-corrected chi connectivity index (χ0v) is 16.9. The molecule has 0 spiro atoms. The molecule has 2 aromatic rings. The van der Waals surface area contributed by atoms with Gasteiger partial charge in [-0.2, -0.15) is 0 Å². The number of amides is 2. The summed E-state index contributed by atoms with van der Waals surface area (Å²) < 4.78 is 6.03. The quantitative estimate of drug-likeness (QED) is 0.783. The summed E-state index contributed by atoms with van der Waals surface area (Å²) in [4.78, 5) is 31.0. The van der Waals surface area contributed by atoms with Gasteiger partial charge in [0.2, 0.25) is 17.7 Å².